The van der Waals surface area contributed by atoms with Gasteiger partial charge in [-0.2, -0.15) is 0 Å². The van der Waals surface area contributed by atoms with E-state index in [0.29, 0.717) is 30.2 Å². The van der Waals surface area contributed by atoms with Crippen molar-refractivity contribution in [1.29, 1.82) is 0 Å². The molecule has 3 heterocycles. The number of piperidine rings is 1. The number of likely N-dealkylation sites (tertiary alicyclic amines) is 1. The van der Waals surface area contributed by atoms with Crippen molar-refractivity contribution in [2.24, 2.45) is 17.3 Å². The number of hydrogen-bond acceptors (Lipinski definition) is 5. The third-order valence-corrected chi connectivity index (χ3v) is 6.17. The molecule has 1 aliphatic carbocycles. The molecule has 1 saturated carbocycles. The predicted octanol–water partition coefficient (Wildman–Crippen LogP) is 2.30. The van der Waals surface area contributed by atoms with Crippen molar-refractivity contribution in [3.63, 3.8) is 0 Å². The number of aromatic nitrogens is 2. The lowest BCUT2D eigenvalue weighted by atomic mass is 9.66. The SMILES string of the molecule is O=C(CC1CC1)N1CCC2(CCOCC2COc2cnccn2)CC1. The fraction of sp³-hybridized carbons (Fsp3) is 0.737. The summed E-state index contributed by atoms with van der Waals surface area (Å²) >= 11 is 0. The average Bonchev–Trinajstić information content (AvgIpc) is 3.46. The smallest absolute Gasteiger partial charge is 0.232 e. The van der Waals surface area contributed by atoms with Crippen molar-refractivity contribution >= 4 is 5.91 Å². The summed E-state index contributed by atoms with van der Waals surface area (Å²) in [6.07, 6.45) is 11.4. The predicted molar refractivity (Wildman–Crippen MR) is 92.0 cm³/mol. The monoisotopic (exact) mass is 345 g/mol. The molecule has 1 aromatic heterocycles. The third-order valence-electron chi connectivity index (χ3n) is 6.17. The van der Waals surface area contributed by atoms with Gasteiger partial charge < -0.3 is 14.4 Å². The maximum Gasteiger partial charge on any atom is 0.232 e. The molecule has 0 aromatic carbocycles. The molecule has 3 fully saturated rings. The van der Waals surface area contributed by atoms with E-state index >= 15 is 0 Å². The number of ether oxygens (including phenoxy) is 2. The lowest BCUT2D eigenvalue weighted by Gasteiger charge is -2.48. The third kappa shape index (κ3) is 3.94. The minimum Gasteiger partial charge on any atom is -0.476 e. The Labute approximate surface area is 148 Å². The highest BCUT2D eigenvalue weighted by Gasteiger charge is 2.44. The van der Waals surface area contributed by atoms with E-state index in [4.69, 9.17) is 9.47 Å². The molecule has 1 aromatic rings. The molecular weight excluding hydrogens is 318 g/mol. The van der Waals surface area contributed by atoms with Crippen molar-refractivity contribution in [2.75, 3.05) is 32.9 Å². The van der Waals surface area contributed by atoms with Crippen LogP contribution in [0.25, 0.3) is 0 Å². The van der Waals surface area contributed by atoms with E-state index in [9.17, 15) is 4.79 Å². The van der Waals surface area contributed by atoms with E-state index in [-0.39, 0.29) is 5.41 Å². The molecule has 3 aliphatic rings. The summed E-state index contributed by atoms with van der Waals surface area (Å²) in [7, 11) is 0. The Bertz CT molecular complexity index is 583. The first-order valence-corrected chi connectivity index (χ1v) is 9.49. The molecule has 2 saturated heterocycles. The van der Waals surface area contributed by atoms with E-state index in [1.165, 1.54) is 12.8 Å². The van der Waals surface area contributed by atoms with Gasteiger partial charge in [-0.1, -0.05) is 0 Å². The van der Waals surface area contributed by atoms with Gasteiger partial charge in [-0.15, -0.1) is 0 Å². The molecule has 0 bridgehead atoms. The molecule has 0 N–H and O–H groups in total. The molecule has 136 valence electrons. The minimum absolute atomic E-state index is 0.233. The fourth-order valence-corrected chi connectivity index (χ4v) is 4.21. The second-order valence-corrected chi connectivity index (χ2v) is 7.77. The maximum absolute atomic E-state index is 12.4. The molecular formula is C19H27N3O3. The van der Waals surface area contributed by atoms with Crippen LogP contribution in [-0.2, 0) is 9.53 Å². The molecule has 1 unspecified atom stereocenters. The van der Waals surface area contributed by atoms with Crippen LogP contribution in [0.4, 0.5) is 0 Å². The topological polar surface area (TPSA) is 64.6 Å². The van der Waals surface area contributed by atoms with Crippen molar-refractivity contribution < 1.29 is 14.3 Å². The second kappa shape index (κ2) is 7.28. The Morgan fingerprint density at radius 2 is 2.12 bits per heavy atom. The van der Waals surface area contributed by atoms with Crippen molar-refractivity contribution in [3.05, 3.63) is 18.6 Å². The summed E-state index contributed by atoms with van der Waals surface area (Å²) in [6, 6.07) is 0. The largest absolute Gasteiger partial charge is 0.476 e. The zero-order valence-corrected chi connectivity index (χ0v) is 14.7. The Kier molecular flexibility index (Phi) is 4.88. The van der Waals surface area contributed by atoms with Crippen LogP contribution in [0, 0.1) is 17.3 Å². The van der Waals surface area contributed by atoms with Gasteiger partial charge in [-0.05, 0) is 43.4 Å². The van der Waals surface area contributed by atoms with Gasteiger partial charge in [0, 0.05) is 44.4 Å². The standard InChI is InChI=1S/C19H27N3O3/c23-18(11-15-1-2-15)22-8-3-19(4-9-22)5-10-24-13-16(19)14-25-17-12-20-6-7-21-17/h6-7,12,15-16H,1-5,8-11,13-14H2. The fourth-order valence-electron chi connectivity index (χ4n) is 4.21. The van der Waals surface area contributed by atoms with E-state index in [1.807, 2.05) is 0 Å². The van der Waals surface area contributed by atoms with E-state index in [1.54, 1.807) is 18.6 Å². The number of rotatable bonds is 5. The zero-order valence-electron chi connectivity index (χ0n) is 14.7. The van der Waals surface area contributed by atoms with Gasteiger partial charge in [0.05, 0.1) is 19.4 Å². The highest BCUT2D eigenvalue weighted by Crippen LogP contribution is 2.45. The van der Waals surface area contributed by atoms with Crippen LogP contribution >= 0.6 is 0 Å². The van der Waals surface area contributed by atoms with Gasteiger partial charge in [0.1, 0.15) is 0 Å². The summed E-state index contributed by atoms with van der Waals surface area (Å²) < 4.78 is 11.6. The van der Waals surface area contributed by atoms with Crippen LogP contribution < -0.4 is 4.74 Å². The van der Waals surface area contributed by atoms with Crippen molar-refractivity contribution in [3.8, 4) is 5.88 Å². The molecule has 1 amide bonds. The van der Waals surface area contributed by atoms with Gasteiger partial charge in [0.2, 0.25) is 11.8 Å². The van der Waals surface area contributed by atoms with Crippen LogP contribution in [0.3, 0.4) is 0 Å². The molecule has 6 heteroatoms. The Morgan fingerprint density at radius 3 is 2.84 bits per heavy atom. The number of carbonyl (C=O) groups excluding carboxylic acids is 1. The van der Waals surface area contributed by atoms with E-state index in [2.05, 4.69) is 14.9 Å². The van der Waals surface area contributed by atoms with Crippen LogP contribution in [0.5, 0.6) is 5.88 Å². The summed E-state index contributed by atoms with van der Waals surface area (Å²) in [5, 5.41) is 0. The highest BCUT2D eigenvalue weighted by molar-refractivity contribution is 5.76. The summed E-state index contributed by atoms with van der Waals surface area (Å²) in [5.74, 6) is 1.94. The average molecular weight is 345 g/mol. The Morgan fingerprint density at radius 1 is 1.28 bits per heavy atom. The Balaban J connectivity index is 1.34. The zero-order chi connectivity index (χ0) is 17.1. The first-order valence-electron chi connectivity index (χ1n) is 9.49. The number of carbonyl (C=O) groups is 1. The van der Waals surface area contributed by atoms with Gasteiger partial charge in [-0.25, -0.2) is 4.98 Å². The highest BCUT2D eigenvalue weighted by atomic mass is 16.5. The molecule has 6 nitrogen and oxygen atoms in total. The first kappa shape index (κ1) is 16.8. The number of hydrogen-bond donors (Lipinski definition) is 0. The minimum atomic E-state index is 0.233. The van der Waals surface area contributed by atoms with Gasteiger partial charge in [-0.3, -0.25) is 9.78 Å². The quantitative estimate of drug-likeness (QED) is 0.819. The van der Waals surface area contributed by atoms with Gasteiger partial charge >= 0.3 is 0 Å². The molecule has 0 radical (unpaired) electrons. The van der Waals surface area contributed by atoms with Gasteiger partial charge in [0.15, 0.2) is 0 Å². The molecule has 1 spiro atoms. The number of amides is 1. The van der Waals surface area contributed by atoms with E-state index in [0.717, 1.165) is 52.0 Å². The lowest BCUT2D eigenvalue weighted by Crippen LogP contribution is -2.51. The summed E-state index contributed by atoms with van der Waals surface area (Å²) in [6.45, 7) is 3.92. The maximum atomic E-state index is 12.4. The summed E-state index contributed by atoms with van der Waals surface area (Å²) in [5.41, 5.74) is 0.233. The molecule has 25 heavy (non-hydrogen) atoms. The number of nitrogens with zero attached hydrogens (tertiary/aromatic N) is 3. The molecule has 2 aliphatic heterocycles. The summed E-state index contributed by atoms with van der Waals surface area (Å²) in [4.78, 5) is 22.7. The Hall–Kier alpha value is -1.69. The van der Waals surface area contributed by atoms with E-state index < -0.39 is 0 Å². The second-order valence-electron chi connectivity index (χ2n) is 7.77. The van der Waals surface area contributed by atoms with Crippen molar-refractivity contribution in [1.82, 2.24) is 14.9 Å². The lowest BCUT2D eigenvalue weighted by molar-refractivity contribution is -0.138. The molecule has 4 rings (SSSR count). The van der Waals surface area contributed by atoms with Crippen LogP contribution in [0.1, 0.15) is 38.5 Å². The normalized spacial score (nSPS) is 25.8. The van der Waals surface area contributed by atoms with Crippen LogP contribution in [0.2, 0.25) is 0 Å². The van der Waals surface area contributed by atoms with Gasteiger partial charge in [0.25, 0.3) is 0 Å². The first-order chi connectivity index (χ1) is 12.3. The molecule has 1 atom stereocenters. The van der Waals surface area contributed by atoms with Crippen LogP contribution in [-0.4, -0.2) is 53.7 Å². The van der Waals surface area contributed by atoms with Crippen molar-refractivity contribution in [2.45, 2.75) is 38.5 Å². The van der Waals surface area contributed by atoms with Crippen LogP contribution in [0.15, 0.2) is 18.6 Å².